The second kappa shape index (κ2) is 6.24. The Hall–Kier alpha value is -0.590. The Morgan fingerprint density at radius 3 is 3.00 bits per heavy atom. The van der Waals surface area contributed by atoms with Crippen molar-refractivity contribution in [3.8, 4) is 0 Å². The van der Waals surface area contributed by atoms with E-state index in [-0.39, 0.29) is 12.1 Å². The summed E-state index contributed by atoms with van der Waals surface area (Å²) in [6, 6.07) is 0.155. The van der Waals surface area contributed by atoms with Crippen LogP contribution in [0.1, 0.15) is 49.9 Å². The molecule has 2 fully saturated rings. The molecule has 1 saturated heterocycles. The zero-order valence-electron chi connectivity index (χ0n) is 11.3. The van der Waals surface area contributed by atoms with Crippen molar-refractivity contribution in [1.82, 2.24) is 15.5 Å². The van der Waals surface area contributed by atoms with Gasteiger partial charge in [-0.25, -0.2) is 0 Å². The van der Waals surface area contributed by atoms with Crippen molar-refractivity contribution in [3.05, 3.63) is 11.7 Å². The Morgan fingerprint density at radius 1 is 1.42 bits per heavy atom. The Labute approximate surface area is 117 Å². The molecular formula is C13H21N3O2S. The fourth-order valence-electron chi connectivity index (χ4n) is 2.79. The highest BCUT2D eigenvalue weighted by molar-refractivity contribution is 7.99. The van der Waals surface area contributed by atoms with E-state index in [0.29, 0.717) is 5.89 Å². The molecule has 6 heteroatoms. The van der Waals surface area contributed by atoms with Crippen molar-refractivity contribution in [3.63, 3.8) is 0 Å². The second-order valence-corrected chi connectivity index (χ2v) is 6.61. The molecule has 0 spiro atoms. The summed E-state index contributed by atoms with van der Waals surface area (Å²) in [5.41, 5.74) is 0. The first-order valence-corrected chi connectivity index (χ1v) is 8.10. The molecule has 5 nitrogen and oxygen atoms in total. The third kappa shape index (κ3) is 3.30. The Bertz CT molecular complexity index is 406. The van der Waals surface area contributed by atoms with Crippen molar-refractivity contribution in [2.45, 2.75) is 55.3 Å². The number of methoxy groups -OCH3 is 1. The van der Waals surface area contributed by atoms with Crippen LogP contribution in [0.4, 0.5) is 0 Å². The van der Waals surface area contributed by atoms with E-state index in [1.165, 1.54) is 25.7 Å². The molecule has 1 saturated carbocycles. The molecule has 1 aromatic heterocycles. The lowest BCUT2D eigenvalue weighted by atomic mass is 10.2. The zero-order valence-corrected chi connectivity index (χ0v) is 12.1. The molecule has 1 aliphatic carbocycles. The largest absolute Gasteiger partial charge is 0.380 e. The fourth-order valence-corrected chi connectivity index (χ4v) is 3.95. The van der Waals surface area contributed by atoms with Gasteiger partial charge in [-0.2, -0.15) is 16.7 Å². The van der Waals surface area contributed by atoms with Crippen molar-refractivity contribution in [2.75, 3.05) is 13.7 Å². The molecule has 1 aromatic rings. The van der Waals surface area contributed by atoms with Gasteiger partial charge in [-0.3, -0.25) is 0 Å². The number of rotatable bonds is 5. The summed E-state index contributed by atoms with van der Waals surface area (Å²) in [7, 11) is 1.74. The number of nitrogens with one attached hydrogen (secondary N) is 1. The topological polar surface area (TPSA) is 60.2 Å². The predicted octanol–water partition coefficient (Wildman–Crippen LogP) is 2.29. The summed E-state index contributed by atoms with van der Waals surface area (Å²) in [5.74, 6) is 2.41. The minimum absolute atomic E-state index is 0.155. The van der Waals surface area contributed by atoms with Gasteiger partial charge in [-0.1, -0.05) is 18.0 Å². The van der Waals surface area contributed by atoms with Crippen molar-refractivity contribution in [2.24, 2.45) is 0 Å². The van der Waals surface area contributed by atoms with E-state index in [4.69, 9.17) is 9.26 Å². The molecule has 2 heterocycles. The minimum Gasteiger partial charge on any atom is -0.380 e. The normalized spacial score (nSPS) is 28.3. The van der Waals surface area contributed by atoms with Crippen LogP contribution in [0.5, 0.6) is 0 Å². The summed E-state index contributed by atoms with van der Waals surface area (Å²) in [5, 5.41) is 8.24. The molecular weight excluding hydrogens is 262 g/mol. The first-order valence-electron chi connectivity index (χ1n) is 7.05. The van der Waals surface area contributed by atoms with Crippen LogP contribution in [-0.2, 0) is 10.5 Å². The van der Waals surface area contributed by atoms with Crippen molar-refractivity contribution >= 4 is 11.8 Å². The number of nitrogens with zero attached hydrogens (tertiary/aromatic N) is 2. The van der Waals surface area contributed by atoms with Gasteiger partial charge in [0.25, 0.3) is 0 Å². The van der Waals surface area contributed by atoms with Gasteiger partial charge in [0.1, 0.15) is 0 Å². The molecule has 0 aromatic carbocycles. The highest BCUT2D eigenvalue weighted by atomic mass is 32.2. The van der Waals surface area contributed by atoms with Gasteiger partial charge in [0.15, 0.2) is 5.82 Å². The lowest BCUT2D eigenvalue weighted by Gasteiger charge is -2.05. The molecule has 0 unspecified atom stereocenters. The highest BCUT2D eigenvalue weighted by Gasteiger charge is 2.29. The fraction of sp³-hybridized carbons (Fsp3) is 0.846. The van der Waals surface area contributed by atoms with Crippen LogP contribution in [0.2, 0.25) is 0 Å². The van der Waals surface area contributed by atoms with Crippen molar-refractivity contribution in [1.29, 1.82) is 0 Å². The number of hydrogen-bond acceptors (Lipinski definition) is 6. The molecule has 19 heavy (non-hydrogen) atoms. The molecule has 1 N–H and O–H groups in total. The Morgan fingerprint density at radius 2 is 2.26 bits per heavy atom. The van der Waals surface area contributed by atoms with Crippen molar-refractivity contribution < 1.29 is 9.26 Å². The van der Waals surface area contributed by atoms with E-state index in [1.54, 1.807) is 7.11 Å². The average molecular weight is 283 g/mol. The lowest BCUT2D eigenvalue weighted by molar-refractivity contribution is 0.116. The summed E-state index contributed by atoms with van der Waals surface area (Å²) in [4.78, 5) is 4.51. The van der Waals surface area contributed by atoms with Gasteiger partial charge in [0.05, 0.1) is 17.9 Å². The smallest absolute Gasteiger partial charge is 0.243 e. The molecule has 2 atom stereocenters. The van der Waals surface area contributed by atoms with Crippen LogP contribution < -0.4 is 5.32 Å². The third-order valence-electron chi connectivity index (χ3n) is 3.96. The summed E-state index contributed by atoms with van der Waals surface area (Å²) >= 11 is 1.97. The first kappa shape index (κ1) is 13.4. The highest BCUT2D eigenvalue weighted by Crippen LogP contribution is 2.31. The van der Waals surface area contributed by atoms with E-state index < -0.39 is 0 Å². The maximum absolute atomic E-state index is 5.36. The van der Waals surface area contributed by atoms with Crippen LogP contribution in [0.15, 0.2) is 4.52 Å². The van der Waals surface area contributed by atoms with Crippen LogP contribution in [0, 0.1) is 0 Å². The third-order valence-corrected chi connectivity index (χ3v) is 5.32. The summed E-state index contributed by atoms with van der Waals surface area (Å²) in [6.07, 6.45) is 6.60. The lowest BCUT2D eigenvalue weighted by Crippen LogP contribution is -2.16. The molecule has 1 aliphatic heterocycles. The maximum Gasteiger partial charge on any atom is 0.243 e. The molecule has 0 radical (unpaired) electrons. The summed E-state index contributed by atoms with van der Waals surface area (Å²) < 4.78 is 10.7. The summed E-state index contributed by atoms with van der Waals surface area (Å²) in [6.45, 7) is 0.857. The monoisotopic (exact) mass is 283 g/mol. The first-order chi connectivity index (χ1) is 9.35. The standard InChI is InChI=1S/C13H21N3O2S/c1-17-9-6-11(14-7-9)13-15-12(16-18-13)8-19-10-4-2-3-5-10/h9-11,14H,2-8H2,1H3/t9-,11+/m0/s1. The average Bonchev–Trinajstić information content (AvgIpc) is 3.16. The van der Waals surface area contributed by atoms with Crippen LogP contribution in [-0.4, -0.2) is 35.1 Å². The second-order valence-electron chi connectivity index (χ2n) is 5.32. The van der Waals surface area contributed by atoms with Crippen LogP contribution in [0.3, 0.4) is 0 Å². The van der Waals surface area contributed by atoms with E-state index >= 15 is 0 Å². The van der Waals surface area contributed by atoms with E-state index in [1.807, 2.05) is 11.8 Å². The molecule has 0 bridgehead atoms. The molecule has 106 valence electrons. The number of aromatic nitrogens is 2. The Kier molecular flexibility index (Phi) is 4.40. The van der Waals surface area contributed by atoms with Gasteiger partial charge in [-0.05, 0) is 19.3 Å². The molecule has 3 rings (SSSR count). The molecule has 2 aliphatic rings. The number of thioether (sulfide) groups is 1. The number of hydrogen-bond donors (Lipinski definition) is 1. The maximum atomic E-state index is 5.36. The van der Waals surface area contributed by atoms with E-state index in [2.05, 4.69) is 15.5 Å². The van der Waals surface area contributed by atoms with Gasteiger partial charge in [0, 0.05) is 18.9 Å². The predicted molar refractivity (Wildman–Crippen MR) is 74.0 cm³/mol. The van der Waals surface area contributed by atoms with Gasteiger partial charge in [-0.15, -0.1) is 0 Å². The van der Waals surface area contributed by atoms with Gasteiger partial charge < -0.3 is 14.6 Å². The van der Waals surface area contributed by atoms with E-state index in [9.17, 15) is 0 Å². The Balaban J connectivity index is 1.51. The SMILES string of the molecule is CO[C@@H]1CN[C@@H](c2nc(CSC3CCCC3)no2)C1. The molecule has 0 amide bonds. The zero-order chi connectivity index (χ0) is 13.1. The quantitative estimate of drug-likeness (QED) is 0.894. The van der Waals surface area contributed by atoms with E-state index in [0.717, 1.165) is 29.8 Å². The van der Waals surface area contributed by atoms with Gasteiger partial charge >= 0.3 is 0 Å². The minimum atomic E-state index is 0.155. The van der Waals surface area contributed by atoms with Gasteiger partial charge in [0.2, 0.25) is 5.89 Å². The van der Waals surface area contributed by atoms with Crippen LogP contribution in [0.25, 0.3) is 0 Å². The number of ether oxygens (including phenoxy) is 1. The van der Waals surface area contributed by atoms with Crippen LogP contribution >= 0.6 is 11.8 Å².